The van der Waals surface area contributed by atoms with Gasteiger partial charge in [-0.25, -0.2) is 0 Å². The zero-order valence-electron chi connectivity index (χ0n) is 16.8. The smallest absolute Gasteiger partial charge is 0.269 e. The van der Waals surface area contributed by atoms with Crippen molar-refractivity contribution in [1.82, 2.24) is 5.32 Å². The second-order valence-corrected chi connectivity index (χ2v) is 7.73. The molecule has 0 saturated carbocycles. The van der Waals surface area contributed by atoms with Gasteiger partial charge in [-0.2, -0.15) is 0 Å². The lowest BCUT2D eigenvalue weighted by Gasteiger charge is -2.37. The lowest BCUT2D eigenvalue weighted by atomic mass is 9.76. The molecular formula is C23H25N3O4. The van der Waals surface area contributed by atoms with Crippen LogP contribution in [0.4, 0.5) is 11.4 Å². The van der Waals surface area contributed by atoms with Crippen LogP contribution in [-0.2, 0) is 4.74 Å². The Bertz CT molecular complexity index is 988. The van der Waals surface area contributed by atoms with Crippen LogP contribution in [-0.4, -0.2) is 31.1 Å². The van der Waals surface area contributed by atoms with Gasteiger partial charge in [0.1, 0.15) is 0 Å². The quantitative estimate of drug-likeness (QED) is 0.311. The molecule has 0 radical (unpaired) electrons. The number of benzene rings is 2. The van der Waals surface area contributed by atoms with Crippen molar-refractivity contribution in [1.29, 1.82) is 0 Å². The van der Waals surface area contributed by atoms with Crippen molar-refractivity contribution >= 4 is 17.3 Å². The molecule has 2 aliphatic rings. The van der Waals surface area contributed by atoms with E-state index in [2.05, 4.69) is 22.8 Å². The average molecular weight is 407 g/mol. The van der Waals surface area contributed by atoms with E-state index in [4.69, 9.17) is 4.74 Å². The molecular weight excluding hydrogens is 382 g/mol. The van der Waals surface area contributed by atoms with Crippen LogP contribution < -0.4 is 10.6 Å². The summed E-state index contributed by atoms with van der Waals surface area (Å²) in [4.78, 5) is 23.4. The summed E-state index contributed by atoms with van der Waals surface area (Å²) in [7, 11) is 1.64. The van der Waals surface area contributed by atoms with Crippen LogP contribution in [0.2, 0.25) is 0 Å². The number of nitro benzene ring substituents is 1. The highest BCUT2D eigenvalue weighted by molar-refractivity contribution is 5.95. The Kier molecular flexibility index (Phi) is 5.81. The van der Waals surface area contributed by atoms with Gasteiger partial charge in [0.05, 0.1) is 11.0 Å². The van der Waals surface area contributed by atoms with Gasteiger partial charge in [-0.1, -0.05) is 24.3 Å². The van der Waals surface area contributed by atoms with Crippen molar-refractivity contribution < 1.29 is 14.5 Å². The second kappa shape index (κ2) is 8.67. The maximum atomic E-state index is 12.5. The number of hydrogen-bond acceptors (Lipinski definition) is 5. The molecule has 3 unspecified atom stereocenters. The molecule has 4 rings (SSSR count). The summed E-state index contributed by atoms with van der Waals surface area (Å²) in [5.74, 6) is 0.333. The topological polar surface area (TPSA) is 93.5 Å². The van der Waals surface area contributed by atoms with E-state index in [1.165, 1.54) is 6.07 Å². The number of hydrogen-bond donors (Lipinski definition) is 2. The van der Waals surface area contributed by atoms with Crippen LogP contribution in [0.3, 0.4) is 0 Å². The van der Waals surface area contributed by atoms with Crippen molar-refractivity contribution in [3.63, 3.8) is 0 Å². The van der Waals surface area contributed by atoms with Crippen molar-refractivity contribution in [3.8, 4) is 0 Å². The molecule has 1 aliphatic heterocycles. The predicted octanol–water partition coefficient (Wildman–Crippen LogP) is 4.19. The third-order valence-corrected chi connectivity index (χ3v) is 5.88. The first-order valence-electron chi connectivity index (χ1n) is 10.2. The molecule has 2 aromatic rings. The minimum absolute atomic E-state index is 0.0221. The number of ether oxygens (including phenoxy) is 1. The highest BCUT2D eigenvalue weighted by Crippen LogP contribution is 2.50. The van der Waals surface area contributed by atoms with Gasteiger partial charge in [-0.05, 0) is 48.1 Å². The molecule has 30 heavy (non-hydrogen) atoms. The Hall–Kier alpha value is -3.19. The van der Waals surface area contributed by atoms with E-state index < -0.39 is 0 Å². The molecule has 0 fully saturated rings. The molecule has 7 nitrogen and oxygen atoms in total. The standard InChI is InChI=1S/C23H25N3O4/c1-30-12-4-11-24-23(27)16-9-10-21-20(14-16)18-7-3-8-19(18)22(25-21)15-5-2-6-17(13-15)26(28)29/h2-3,5-7,9-10,13-14,18-19,22,25H,4,8,11-12H2,1H3,(H,24,27). The first kappa shape index (κ1) is 20.1. The van der Waals surface area contributed by atoms with Crippen LogP contribution >= 0.6 is 0 Å². The number of non-ortho nitro benzene ring substituents is 1. The number of allylic oxidation sites excluding steroid dienone is 2. The minimum Gasteiger partial charge on any atom is -0.385 e. The Labute approximate surface area is 175 Å². The monoisotopic (exact) mass is 407 g/mol. The van der Waals surface area contributed by atoms with Crippen LogP contribution in [0.25, 0.3) is 0 Å². The van der Waals surface area contributed by atoms with Gasteiger partial charge in [0, 0.05) is 49.6 Å². The van der Waals surface area contributed by atoms with Crippen LogP contribution in [0.15, 0.2) is 54.6 Å². The number of carbonyl (C=O) groups excluding carboxylic acids is 1. The molecule has 7 heteroatoms. The fraction of sp³-hybridized carbons (Fsp3) is 0.348. The number of fused-ring (bicyclic) bond motifs is 3. The molecule has 3 atom stereocenters. The predicted molar refractivity (Wildman–Crippen MR) is 115 cm³/mol. The number of anilines is 1. The van der Waals surface area contributed by atoms with Gasteiger partial charge in [0.25, 0.3) is 11.6 Å². The molecule has 1 aliphatic carbocycles. The number of carbonyl (C=O) groups is 1. The number of amides is 1. The molecule has 1 amide bonds. The summed E-state index contributed by atoms with van der Waals surface area (Å²) in [6.07, 6.45) is 6.01. The Morgan fingerprint density at radius 3 is 2.97 bits per heavy atom. The maximum absolute atomic E-state index is 12.5. The van der Waals surface area contributed by atoms with Crippen LogP contribution in [0, 0.1) is 16.0 Å². The molecule has 2 N–H and O–H groups in total. The van der Waals surface area contributed by atoms with E-state index in [9.17, 15) is 14.9 Å². The molecule has 0 spiro atoms. The van der Waals surface area contributed by atoms with Gasteiger partial charge in [-0.15, -0.1) is 0 Å². The molecule has 0 saturated heterocycles. The number of nitro groups is 1. The van der Waals surface area contributed by atoms with Gasteiger partial charge in [0.2, 0.25) is 0 Å². The summed E-state index contributed by atoms with van der Waals surface area (Å²) >= 11 is 0. The van der Waals surface area contributed by atoms with Crippen molar-refractivity contribution in [2.75, 3.05) is 25.6 Å². The van der Waals surface area contributed by atoms with Crippen molar-refractivity contribution in [3.05, 3.63) is 81.4 Å². The Balaban J connectivity index is 1.58. The molecule has 0 aromatic heterocycles. The van der Waals surface area contributed by atoms with Crippen LogP contribution in [0.5, 0.6) is 0 Å². The summed E-state index contributed by atoms with van der Waals surface area (Å²) in [6, 6.07) is 12.5. The first-order valence-corrected chi connectivity index (χ1v) is 10.2. The average Bonchev–Trinajstić information content (AvgIpc) is 3.26. The lowest BCUT2D eigenvalue weighted by molar-refractivity contribution is -0.384. The molecule has 2 aromatic carbocycles. The van der Waals surface area contributed by atoms with E-state index in [0.29, 0.717) is 18.7 Å². The van der Waals surface area contributed by atoms with Gasteiger partial charge in [0.15, 0.2) is 0 Å². The van der Waals surface area contributed by atoms with Gasteiger partial charge >= 0.3 is 0 Å². The maximum Gasteiger partial charge on any atom is 0.269 e. The Morgan fingerprint density at radius 2 is 2.17 bits per heavy atom. The number of nitrogens with one attached hydrogen (secondary N) is 2. The Morgan fingerprint density at radius 1 is 1.30 bits per heavy atom. The van der Waals surface area contributed by atoms with Crippen molar-refractivity contribution in [2.45, 2.75) is 24.8 Å². The van der Waals surface area contributed by atoms with E-state index in [1.807, 2.05) is 24.3 Å². The van der Waals surface area contributed by atoms with E-state index in [0.717, 1.165) is 29.7 Å². The fourth-order valence-corrected chi connectivity index (χ4v) is 4.42. The van der Waals surface area contributed by atoms with Crippen LogP contribution in [0.1, 0.15) is 46.3 Å². The molecule has 0 bridgehead atoms. The van der Waals surface area contributed by atoms with E-state index >= 15 is 0 Å². The van der Waals surface area contributed by atoms with E-state index in [1.54, 1.807) is 19.2 Å². The summed E-state index contributed by atoms with van der Waals surface area (Å²) in [5.41, 5.74) is 3.72. The SMILES string of the molecule is COCCCNC(=O)c1ccc2c(c1)C1C=CCC1C(c1cccc([N+](=O)[O-])c1)N2. The first-order chi connectivity index (χ1) is 14.6. The molecule has 1 heterocycles. The third-order valence-electron chi connectivity index (χ3n) is 5.88. The highest BCUT2D eigenvalue weighted by Gasteiger charge is 2.38. The lowest BCUT2D eigenvalue weighted by Crippen LogP contribution is -2.30. The normalized spacial score (nSPS) is 21.4. The number of rotatable bonds is 7. The summed E-state index contributed by atoms with van der Waals surface area (Å²) < 4.78 is 5.01. The largest absolute Gasteiger partial charge is 0.385 e. The van der Waals surface area contributed by atoms with Gasteiger partial charge in [-0.3, -0.25) is 14.9 Å². The van der Waals surface area contributed by atoms with E-state index in [-0.39, 0.29) is 34.4 Å². The summed E-state index contributed by atoms with van der Waals surface area (Å²) in [5, 5.41) is 17.7. The third kappa shape index (κ3) is 3.93. The molecule has 156 valence electrons. The fourth-order valence-electron chi connectivity index (χ4n) is 4.42. The van der Waals surface area contributed by atoms with Gasteiger partial charge < -0.3 is 15.4 Å². The summed E-state index contributed by atoms with van der Waals surface area (Å²) in [6.45, 7) is 1.19. The second-order valence-electron chi connectivity index (χ2n) is 7.73. The number of nitrogens with zero attached hydrogens (tertiary/aromatic N) is 1. The highest BCUT2D eigenvalue weighted by atomic mass is 16.6. The zero-order chi connectivity index (χ0) is 21.1. The minimum atomic E-state index is -0.359. The number of methoxy groups -OCH3 is 1. The zero-order valence-corrected chi connectivity index (χ0v) is 16.8. The van der Waals surface area contributed by atoms with Crippen molar-refractivity contribution in [2.24, 2.45) is 5.92 Å².